The van der Waals surface area contributed by atoms with Crippen LogP contribution in [0.1, 0.15) is 18.9 Å². The molecule has 0 spiro atoms. The van der Waals surface area contributed by atoms with Crippen molar-refractivity contribution in [1.82, 2.24) is 5.32 Å². The van der Waals surface area contributed by atoms with E-state index in [0.717, 1.165) is 18.7 Å². The Morgan fingerprint density at radius 2 is 2.00 bits per heavy atom. The first kappa shape index (κ1) is 14.4. The van der Waals surface area contributed by atoms with Crippen LogP contribution in [0.4, 0.5) is 0 Å². The maximum atomic E-state index is 5.16. The summed E-state index contributed by atoms with van der Waals surface area (Å²) >= 11 is 1.91. The third-order valence-corrected chi connectivity index (χ3v) is 3.54. The highest BCUT2D eigenvalue weighted by Crippen LogP contribution is 2.14. The van der Waals surface area contributed by atoms with Crippen molar-refractivity contribution in [2.24, 2.45) is 0 Å². The first-order valence-electron chi connectivity index (χ1n) is 6.15. The summed E-state index contributed by atoms with van der Waals surface area (Å²) in [5.41, 5.74) is 1.38. The molecule has 3 heteroatoms. The molecule has 0 bridgehead atoms. The van der Waals surface area contributed by atoms with Gasteiger partial charge in [-0.1, -0.05) is 19.1 Å². The van der Waals surface area contributed by atoms with E-state index in [4.69, 9.17) is 4.74 Å². The number of methoxy groups -OCH3 is 1. The van der Waals surface area contributed by atoms with Gasteiger partial charge in [0.2, 0.25) is 0 Å². The van der Waals surface area contributed by atoms with Gasteiger partial charge in [-0.3, -0.25) is 0 Å². The fourth-order valence-corrected chi connectivity index (χ4v) is 2.55. The lowest BCUT2D eigenvalue weighted by atomic mass is 10.1. The molecule has 0 aromatic heterocycles. The Hall–Kier alpha value is -0.670. The second-order valence-electron chi connectivity index (χ2n) is 4.10. The van der Waals surface area contributed by atoms with Crippen LogP contribution in [0.3, 0.4) is 0 Å². The predicted octanol–water partition coefficient (Wildman–Crippen LogP) is 2.97. The lowest BCUT2D eigenvalue weighted by Gasteiger charge is -2.16. The Labute approximate surface area is 109 Å². The van der Waals surface area contributed by atoms with Crippen LogP contribution in [0, 0.1) is 0 Å². The molecule has 0 saturated heterocycles. The van der Waals surface area contributed by atoms with Crippen LogP contribution in [-0.4, -0.2) is 31.7 Å². The largest absolute Gasteiger partial charge is 0.497 e. The zero-order valence-electron chi connectivity index (χ0n) is 11.0. The van der Waals surface area contributed by atoms with Gasteiger partial charge in [0.15, 0.2) is 0 Å². The van der Waals surface area contributed by atoms with Crippen molar-refractivity contribution in [1.29, 1.82) is 0 Å². The second kappa shape index (κ2) is 8.43. The number of hydrogen-bond donors (Lipinski definition) is 1. The Bertz CT molecular complexity index is 294. The summed E-state index contributed by atoms with van der Waals surface area (Å²) in [6.45, 7) is 3.22. The molecule has 1 unspecified atom stereocenters. The van der Waals surface area contributed by atoms with Crippen LogP contribution >= 0.6 is 11.8 Å². The molecule has 0 fully saturated rings. The summed E-state index contributed by atoms with van der Waals surface area (Å²) in [5, 5.41) is 3.53. The van der Waals surface area contributed by atoms with Gasteiger partial charge in [-0.2, -0.15) is 11.8 Å². The lowest BCUT2D eigenvalue weighted by molar-refractivity contribution is 0.414. The zero-order chi connectivity index (χ0) is 12.5. The SMILES string of the molecule is CCNC(CCc1ccc(OC)cc1)CSC. The van der Waals surface area contributed by atoms with E-state index in [1.807, 2.05) is 23.9 Å². The van der Waals surface area contributed by atoms with Crippen LogP contribution in [-0.2, 0) is 6.42 Å². The van der Waals surface area contributed by atoms with E-state index in [2.05, 4.69) is 30.6 Å². The molecule has 1 N–H and O–H groups in total. The van der Waals surface area contributed by atoms with Crippen molar-refractivity contribution in [3.05, 3.63) is 29.8 Å². The minimum absolute atomic E-state index is 0.622. The molecule has 1 aromatic rings. The Balaban J connectivity index is 2.41. The van der Waals surface area contributed by atoms with Crippen LogP contribution in [0.5, 0.6) is 5.75 Å². The van der Waals surface area contributed by atoms with Gasteiger partial charge in [-0.25, -0.2) is 0 Å². The molecule has 0 amide bonds. The summed E-state index contributed by atoms with van der Waals surface area (Å²) in [6, 6.07) is 9.00. The molecule has 17 heavy (non-hydrogen) atoms. The van der Waals surface area contributed by atoms with E-state index < -0.39 is 0 Å². The number of rotatable bonds is 8. The number of benzene rings is 1. The third-order valence-electron chi connectivity index (χ3n) is 2.80. The van der Waals surface area contributed by atoms with Crippen molar-refractivity contribution in [2.45, 2.75) is 25.8 Å². The molecular weight excluding hydrogens is 230 g/mol. The normalized spacial score (nSPS) is 12.4. The fraction of sp³-hybridized carbons (Fsp3) is 0.571. The minimum Gasteiger partial charge on any atom is -0.497 e. The van der Waals surface area contributed by atoms with E-state index in [-0.39, 0.29) is 0 Å². The number of nitrogens with one attached hydrogen (secondary N) is 1. The van der Waals surface area contributed by atoms with Crippen molar-refractivity contribution in [3.8, 4) is 5.75 Å². The summed E-state index contributed by atoms with van der Waals surface area (Å²) in [7, 11) is 1.70. The predicted molar refractivity (Wildman–Crippen MR) is 77.2 cm³/mol. The van der Waals surface area contributed by atoms with Crippen molar-refractivity contribution < 1.29 is 4.74 Å². The molecular formula is C14H23NOS. The maximum Gasteiger partial charge on any atom is 0.118 e. The van der Waals surface area contributed by atoms with Crippen LogP contribution in [0.15, 0.2) is 24.3 Å². The molecule has 1 atom stereocenters. The van der Waals surface area contributed by atoms with Gasteiger partial charge in [0.05, 0.1) is 7.11 Å². The topological polar surface area (TPSA) is 21.3 Å². The van der Waals surface area contributed by atoms with E-state index in [1.54, 1.807) is 7.11 Å². The smallest absolute Gasteiger partial charge is 0.118 e. The van der Waals surface area contributed by atoms with Gasteiger partial charge in [0, 0.05) is 11.8 Å². The number of ether oxygens (including phenoxy) is 1. The summed E-state index contributed by atoms with van der Waals surface area (Å²) in [5.74, 6) is 2.12. The van der Waals surface area contributed by atoms with Gasteiger partial charge in [-0.05, 0) is 43.3 Å². The molecule has 2 nitrogen and oxygen atoms in total. The third kappa shape index (κ3) is 5.46. The number of thioether (sulfide) groups is 1. The van der Waals surface area contributed by atoms with E-state index in [0.29, 0.717) is 6.04 Å². The van der Waals surface area contributed by atoms with Gasteiger partial charge in [0.25, 0.3) is 0 Å². The summed E-state index contributed by atoms with van der Waals surface area (Å²) < 4.78 is 5.16. The Morgan fingerprint density at radius 1 is 1.29 bits per heavy atom. The fourth-order valence-electron chi connectivity index (χ4n) is 1.87. The second-order valence-corrected chi connectivity index (χ2v) is 5.01. The van der Waals surface area contributed by atoms with E-state index >= 15 is 0 Å². The van der Waals surface area contributed by atoms with Crippen molar-refractivity contribution in [3.63, 3.8) is 0 Å². The molecule has 0 aliphatic carbocycles. The Morgan fingerprint density at radius 3 is 2.53 bits per heavy atom. The van der Waals surface area contributed by atoms with Gasteiger partial charge in [-0.15, -0.1) is 0 Å². The van der Waals surface area contributed by atoms with E-state index in [1.165, 1.54) is 17.7 Å². The highest BCUT2D eigenvalue weighted by molar-refractivity contribution is 7.98. The zero-order valence-corrected chi connectivity index (χ0v) is 11.8. The van der Waals surface area contributed by atoms with Gasteiger partial charge in [0.1, 0.15) is 5.75 Å². The number of hydrogen-bond acceptors (Lipinski definition) is 3. The highest BCUT2D eigenvalue weighted by Gasteiger charge is 2.06. The molecule has 0 saturated carbocycles. The highest BCUT2D eigenvalue weighted by atomic mass is 32.2. The standard InChI is InChI=1S/C14H23NOS/c1-4-15-13(11-17-3)8-5-12-6-9-14(16-2)10-7-12/h6-7,9-10,13,15H,4-5,8,11H2,1-3H3. The lowest BCUT2D eigenvalue weighted by Crippen LogP contribution is -2.31. The van der Waals surface area contributed by atoms with Crippen molar-refractivity contribution in [2.75, 3.05) is 25.7 Å². The first-order valence-corrected chi connectivity index (χ1v) is 7.54. The average Bonchev–Trinajstić information content (AvgIpc) is 2.37. The maximum absolute atomic E-state index is 5.16. The monoisotopic (exact) mass is 253 g/mol. The van der Waals surface area contributed by atoms with Gasteiger partial charge < -0.3 is 10.1 Å². The van der Waals surface area contributed by atoms with Crippen LogP contribution in [0.25, 0.3) is 0 Å². The molecule has 96 valence electrons. The first-order chi connectivity index (χ1) is 8.30. The minimum atomic E-state index is 0.622. The van der Waals surface area contributed by atoms with E-state index in [9.17, 15) is 0 Å². The molecule has 1 aromatic carbocycles. The van der Waals surface area contributed by atoms with Crippen LogP contribution < -0.4 is 10.1 Å². The van der Waals surface area contributed by atoms with Gasteiger partial charge >= 0.3 is 0 Å². The molecule has 0 radical (unpaired) electrons. The summed E-state index contributed by atoms with van der Waals surface area (Å²) in [6.07, 6.45) is 4.49. The Kier molecular flexibility index (Phi) is 7.13. The molecule has 0 aliphatic rings. The number of aryl methyl sites for hydroxylation is 1. The summed E-state index contributed by atoms with van der Waals surface area (Å²) in [4.78, 5) is 0. The molecule has 0 heterocycles. The van der Waals surface area contributed by atoms with Crippen LogP contribution in [0.2, 0.25) is 0 Å². The average molecular weight is 253 g/mol. The molecule has 1 rings (SSSR count). The van der Waals surface area contributed by atoms with Crippen molar-refractivity contribution >= 4 is 11.8 Å². The quantitative estimate of drug-likeness (QED) is 0.769. The molecule has 0 aliphatic heterocycles.